The summed E-state index contributed by atoms with van der Waals surface area (Å²) in [5, 5.41) is 7.81. The van der Waals surface area contributed by atoms with Crippen LogP contribution in [0.3, 0.4) is 0 Å². The highest BCUT2D eigenvalue weighted by molar-refractivity contribution is 5.94. The summed E-state index contributed by atoms with van der Waals surface area (Å²) in [6, 6.07) is 8.51. The van der Waals surface area contributed by atoms with Gasteiger partial charge in [0.25, 0.3) is 5.91 Å². The third kappa shape index (κ3) is 3.76. The van der Waals surface area contributed by atoms with Crippen LogP contribution in [-0.2, 0) is 13.6 Å². The molecule has 0 atom stereocenters. The van der Waals surface area contributed by atoms with Crippen molar-refractivity contribution in [2.75, 3.05) is 13.1 Å². The van der Waals surface area contributed by atoms with Crippen LogP contribution in [0.4, 0.5) is 4.39 Å². The van der Waals surface area contributed by atoms with Crippen molar-refractivity contribution in [3.05, 3.63) is 53.6 Å². The molecular weight excluding hydrogens is 295 g/mol. The summed E-state index contributed by atoms with van der Waals surface area (Å²) in [4.78, 5) is 14.1. The fourth-order valence-corrected chi connectivity index (χ4v) is 2.90. The number of carbonyl (C=O) groups excluding carboxylic acids is 1. The summed E-state index contributed by atoms with van der Waals surface area (Å²) in [7, 11) is 1.90. The molecule has 23 heavy (non-hydrogen) atoms. The van der Waals surface area contributed by atoms with Gasteiger partial charge in [-0.25, -0.2) is 4.39 Å². The monoisotopic (exact) mass is 316 g/mol. The van der Waals surface area contributed by atoms with Crippen LogP contribution in [0.15, 0.2) is 36.5 Å². The maximum absolute atomic E-state index is 13.7. The average Bonchev–Trinajstić information content (AvgIpc) is 2.99. The molecule has 2 heterocycles. The molecule has 0 saturated carbocycles. The smallest absolute Gasteiger partial charge is 0.256 e. The van der Waals surface area contributed by atoms with Gasteiger partial charge in [-0.3, -0.25) is 9.48 Å². The molecule has 1 amide bonds. The fourth-order valence-electron chi connectivity index (χ4n) is 2.90. The second-order valence-corrected chi connectivity index (χ2v) is 5.91. The van der Waals surface area contributed by atoms with Crippen LogP contribution in [0.2, 0.25) is 0 Å². The molecule has 1 aromatic heterocycles. The zero-order valence-corrected chi connectivity index (χ0v) is 13.2. The van der Waals surface area contributed by atoms with Gasteiger partial charge in [-0.2, -0.15) is 5.10 Å². The first kappa shape index (κ1) is 15.7. The van der Waals surface area contributed by atoms with E-state index in [1.54, 1.807) is 27.8 Å². The van der Waals surface area contributed by atoms with Gasteiger partial charge in [0.1, 0.15) is 5.82 Å². The van der Waals surface area contributed by atoms with Crippen molar-refractivity contribution in [3.63, 3.8) is 0 Å². The van der Waals surface area contributed by atoms with Crippen LogP contribution in [0.25, 0.3) is 0 Å². The molecule has 0 radical (unpaired) electrons. The highest BCUT2D eigenvalue weighted by Gasteiger charge is 2.24. The Morgan fingerprint density at radius 3 is 2.70 bits per heavy atom. The number of halogens is 1. The van der Waals surface area contributed by atoms with Gasteiger partial charge in [0, 0.05) is 38.9 Å². The second-order valence-electron chi connectivity index (χ2n) is 5.91. The van der Waals surface area contributed by atoms with Crippen molar-refractivity contribution >= 4 is 5.91 Å². The Morgan fingerprint density at radius 1 is 1.30 bits per heavy atom. The molecule has 1 aliphatic rings. The summed E-state index contributed by atoms with van der Waals surface area (Å²) in [6.45, 7) is 2.02. The maximum Gasteiger partial charge on any atom is 0.256 e. The van der Waals surface area contributed by atoms with E-state index in [9.17, 15) is 9.18 Å². The Bertz CT molecular complexity index is 677. The Balaban J connectivity index is 1.50. The number of benzene rings is 1. The topological polar surface area (TPSA) is 50.2 Å². The van der Waals surface area contributed by atoms with Crippen LogP contribution >= 0.6 is 0 Å². The standard InChI is InChI=1S/C17H21FN4O/c1-21-9-6-14(20-21)12-19-13-7-10-22(11-8-13)17(23)15-4-2-3-5-16(15)18/h2-6,9,13,19H,7-8,10-12H2,1H3. The number of nitrogens with zero attached hydrogens (tertiary/aromatic N) is 3. The molecule has 0 spiro atoms. The number of nitrogens with one attached hydrogen (secondary N) is 1. The zero-order chi connectivity index (χ0) is 16.2. The number of hydrogen-bond acceptors (Lipinski definition) is 3. The lowest BCUT2D eigenvalue weighted by Crippen LogP contribution is -2.45. The van der Waals surface area contributed by atoms with Crippen LogP contribution < -0.4 is 5.32 Å². The third-order valence-corrected chi connectivity index (χ3v) is 4.23. The van der Waals surface area contributed by atoms with Crippen molar-refractivity contribution in [2.24, 2.45) is 7.05 Å². The van der Waals surface area contributed by atoms with Gasteiger partial charge >= 0.3 is 0 Å². The van der Waals surface area contributed by atoms with Crippen LogP contribution in [0.5, 0.6) is 0 Å². The van der Waals surface area contributed by atoms with E-state index in [4.69, 9.17) is 0 Å². The Morgan fingerprint density at radius 2 is 2.04 bits per heavy atom. The number of carbonyl (C=O) groups is 1. The van der Waals surface area contributed by atoms with Crippen LogP contribution in [-0.4, -0.2) is 39.7 Å². The number of amides is 1. The Hall–Kier alpha value is -2.21. The lowest BCUT2D eigenvalue weighted by Gasteiger charge is -2.32. The molecular formula is C17H21FN4O. The predicted octanol–water partition coefficient (Wildman–Crippen LogP) is 1.95. The molecule has 1 fully saturated rings. The van der Waals surface area contributed by atoms with Crippen molar-refractivity contribution in [1.82, 2.24) is 20.0 Å². The molecule has 2 aromatic rings. The minimum Gasteiger partial charge on any atom is -0.338 e. The predicted molar refractivity (Wildman–Crippen MR) is 85.4 cm³/mol. The molecule has 122 valence electrons. The molecule has 1 N–H and O–H groups in total. The van der Waals surface area contributed by atoms with Crippen molar-refractivity contribution in [2.45, 2.75) is 25.4 Å². The number of piperidine rings is 1. The quantitative estimate of drug-likeness (QED) is 0.938. The van der Waals surface area contributed by atoms with E-state index in [0.29, 0.717) is 19.1 Å². The first-order valence-electron chi connectivity index (χ1n) is 7.89. The van der Waals surface area contributed by atoms with E-state index in [-0.39, 0.29) is 11.5 Å². The van der Waals surface area contributed by atoms with Gasteiger partial charge in [-0.1, -0.05) is 12.1 Å². The van der Waals surface area contributed by atoms with Crippen LogP contribution in [0.1, 0.15) is 28.9 Å². The Labute approximate surface area is 135 Å². The number of likely N-dealkylation sites (tertiary alicyclic amines) is 1. The lowest BCUT2D eigenvalue weighted by molar-refractivity contribution is 0.0700. The summed E-state index contributed by atoms with van der Waals surface area (Å²) < 4.78 is 15.5. The number of aromatic nitrogens is 2. The molecule has 0 unspecified atom stereocenters. The van der Waals surface area contributed by atoms with Crippen LogP contribution in [0, 0.1) is 5.82 Å². The van der Waals surface area contributed by atoms with Gasteiger partial charge in [-0.05, 0) is 31.0 Å². The summed E-state index contributed by atoms with van der Waals surface area (Å²) in [6.07, 6.45) is 3.66. The normalized spacial score (nSPS) is 15.8. The fraction of sp³-hybridized carbons (Fsp3) is 0.412. The zero-order valence-electron chi connectivity index (χ0n) is 13.2. The van der Waals surface area contributed by atoms with Gasteiger partial charge in [0.05, 0.1) is 11.3 Å². The van der Waals surface area contributed by atoms with Gasteiger partial charge in [0.2, 0.25) is 0 Å². The second kappa shape index (κ2) is 6.91. The molecule has 1 saturated heterocycles. The highest BCUT2D eigenvalue weighted by atomic mass is 19.1. The molecule has 5 nitrogen and oxygen atoms in total. The average molecular weight is 316 g/mol. The number of rotatable bonds is 4. The van der Waals surface area contributed by atoms with Crippen molar-refractivity contribution in [3.8, 4) is 0 Å². The molecule has 3 rings (SSSR count). The van der Waals surface area contributed by atoms with E-state index in [2.05, 4.69) is 10.4 Å². The third-order valence-electron chi connectivity index (χ3n) is 4.23. The summed E-state index contributed by atoms with van der Waals surface area (Å²) >= 11 is 0. The SMILES string of the molecule is Cn1ccc(CNC2CCN(C(=O)c3ccccc3F)CC2)n1. The minimum absolute atomic E-state index is 0.160. The maximum atomic E-state index is 13.7. The molecule has 1 aromatic carbocycles. The molecule has 0 bridgehead atoms. The summed E-state index contributed by atoms with van der Waals surface area (Å²) in [5.74, 6) is -0.667. The van der Waals surface area contributed by atoms with E-state index in [1.807, 2.05) is 19.3 Å². The van der Waals surface area contributed by atoms with Crippen molar-refractivity contribution in [1.29, 1.82) is 0 Å². The largest absolute Gasteiger partial charge is 0.338 e. The molecule has 6 heteroatoms. The first-order valence-corrected chi connectivity index (χ1v) is 7.89. The summed E-state index contributed by atoms with van der Waals surface area (Å²) in [5.41, 5.74) is 1.17. The number of aryl methyl sites for hydroxylation is 1. The minimum atomic E-state index is -0.451. The van der Waals surface area contributed by atoms with Crippen molar-refractivity contribution < 1.29 is 9.18 Å². The van der Waals surface area contributed by atoms with E-state index < -0.39 is 5.82 Å². The van der Waals surface area contributed by atoms with E-state index in [0.717, 1.165) is 25.1 Å². The van der Waals surface area contributed by atoms with E-state index in [1.165, 1.54) is 6.07 Å². The van der Waals surface area contributed by atoms with Gasteiger partial charge in [-0.15, -0.1) is 0 Å². The van der Waals surface area contributed by atoms with Gasteiger partial charge < -0.3 is 10.2 Å². The lowest BCUT2D eigenvalue weighted by atomic mass is 10.0. The first-order chi connectivity index (χ1) is 11.1. The molecule has 1 aliphatic heterocycles. The highest BCUT2D eigenvalue weighted by Crippen LogP contribution is 2.16. The van der Waals surface area contributed by atoms with E-state index >= 15 is 0 Å². The van der Waals surface area contributed by atoms with Gasteiger partial charge in [0.15, 0.2) is 0 Å². The number of hydrogen-bond donors (Lipinski definition) is 1. The molecule has 0 aliphatic carbocycles. The Kier molecular flexibility index (Phi) is 4.71.